The molecule has 0 bridgehead atoms. The predicted octanol–water partition coefficient (Wildman–Crippen LogP) is -3.04. The summed E-state index contributed by atoms with van der Waals surface area (Å²) in [4.78, 5) is 52.5. The number of β-lactam (4-membered cyclic amide) rings is 1. The summed E-state index contributed by atoms with van der Waals surface area (Å²) in [5.74, 6) is -2.64. The normalized spacial score (nSPS) is 21.9. The Bertz CT molecular complexity index is 1210. The minimum Gasteiger partial charge on any atom is -0.548 e. The third kappa shape index (κ3) is 5.06. The number of carboxylic acids is 1. The van der Waals surface area contributed by atoms with E-state index in [9.17, 15) is 19.5 Å². The van der Waals surface area contributed by atoms with Gasteiger partial charge in [-0.3, -0.25) is 9.59 Å². The first-order chi connectivity index (χ1) is 15.8. The zero-order valence-electron chi connectivity index (χ0n) is 18.3. The molecule has 3 atom stereocenters. The van der Waals surface area contributed by atoms with E-state index in [0.29, 0.717) is 5.57 Å². The molecule has 4 heterocycles. The number of thiazole rings is 2. The van der Waals surface area contributed by atoms with E-state index in [1.54, 1.807) is 23.1 Å². The summed E-state index contributed by atoms with van der Waals surface area (Å²) in [7, 11) is 1.27. The molecule has 3 N–H and O–H groups in total. The Morgan fingerprint density at radius 3 is 2.71 bits per heavy atom. The smallest absolute Gasteiger partial charge is 0.548 e. The van der Waals surface area contributed by atoms with Crippen LogP contribution in [0.1, 0.15) is 16.3 Å². The number of carboxylic acid groups (broad SMARTS) is 1. The zero-order valence-corrected chi connectivity index (χ0v) is 22.7. The van der Waals surface area contributed by atoms with E-state index < -0.39 is 35.2 Å². The van der Waals surface area contributed by atoms with Crippen LogP contribution in [0.4, 0.5) is 5.13 Å². The molecule has 15 heteroatoms. The van der Waals surface area contributed by atoms with Crippen LogP contribution in [-0.2, 0) is 19.2 Å². The van der Waals surface area contributed by atoms with E-state index in [-0.39, 0.29) is 46.1 Å². The molecule has 1 fully saturated rings. The second-order valence-corrected chi connectivity index (χ2v) is 9.66. The number of carbonyl (C=O) groups is 3. The number of hydrogen-bond donors (Lipinski definition) is 2. The van der Waals surface area contributed by atoms with E-state index in [1.165, 1.54) is 40.5 Å². The van der Waals surface area contributed by atoms with Gasteiger partial charge in [0, 0.05) is 10.3 Å². The van der Waals surface area contributed by atoms with Gasteiger partial charge in [-0.25, -0.2) is 9.97 Å². The molecule has 2 aromatic heterocycles. The first-order valence-corrected chi connectivity index (χ1v) is 12.1. The van der Waals surface area contributed by atoms with Crippen molar-refractivity contribution in [1.29, 1.82) is 0 Å². The second-order valence-electron chi connectivity index (χ2n) is 6.89. The van der Waals surface area contributed by atoms with E-state index in [0.717, 1.165) is 21.9 Å². The molecular formula is C19H17N6NaO5S3. The fourth-order valence-corrected chi connectivity index (χ4v) is 5.78. The number of oxime groups is 1. The number of aryl methyl sites for hydroxylation is 1. The van der Waals surface area contributed by atoms with Crippen molar-refractivity contribution < 1.29 is 53.9 Å². The predicted molar refractivity (Wildman–Crippen MR) is 123 cm³/mol. The molecule has 2 aromatic rings. The van der Waals surface area contributed by atoms with Crippen LogP contribution in [0, 0.1) is 6.92 Å². The Morgan fingerprint density at radius 1 is 1.35 bits per heavy atom. The van der Waals surface area contributed by atoms with Gasteiger partial charge in [-0.2, -0.15) is 0 Å². The van der Waals surface area contributed by atoms with Gasteiger partial charge in [-0.1, -0.05) is 11.2 Å². The van der Waals surface area contributed by atoms with Crippen molar-refractivity contribution in [3.05, 3.63) is 44.2 Å². The Labute approximate surface area is 228 Å². The molecule has 0 aromatic carbocycles. The summed E-state index contributed by atoms with van der Waals surface area (Å²) in [5.41, 5.74) is 8.60. The first kappa shape index (κ1) is 26.4. The maximum Gasteiger partial charge on any atom is 1.00 e. The molecule has 2 amide bonds. The van der Waals surface area contributed by atoms with Crippen molar-refractivity contribution in [3.63, 3.8) is 0 Å². The van der Waals surface area contributed by atoms with Crippen molar-refractivity contribution in [2.75, 3.05) is 12.8 Å². The molecule has 0 aliphatic carbocycles. The van der Waals surface area contributed by atoms with Gasteiger partial charge in [0.1, 0.15) is 24.2 Å². The van der Waals surface area contributed by atoms with Gasteiger partial charge in [0.2, 0.25) is 5.91 Å². The standard InChI is InChI=1S/C19H18N6O5S3.Na/c1-8-11(33-7-21-8)4-3-9-5-31-17-13(16(27)25(17)14(9)18(28)29)23-15(26)12(24-30-2)10-6-32-19(20)22-10;/h3-7,13-14,17H,1-2H3,(H2,20,22)(H,23,26)(H,28,29);/q;+1/p-1/b4-3+,24-12-;. The SMILES string of the molecule is CO/N=C(\C(=O)NC1C(=O)N2C(C(=O)[O-])C(/C=C/c3scnc3C)=CSC12)c1csc(N)n1.[Na+]. The van der Waals surface area contributed by atoms with Crippen LogP contribution >= 0.6 is 34.4 Å². The molecule has 4 rings (SSSR count). The third-order valence-electron chi connectivity index (χ3n) is 4.90. The number of nitrogen functional groups attached to an aromatic ring is 1. The zero-order chi connectivity index (χ0) is 23.7. The second kappa shape index (κ2) is 11.0. The molecule has 0 spiro atoms. The summed E-state index contributed by atoms with van der Waals surface area (Å²) in [6.45, 7) is 1.85. The van der Waals surface area contributed by atoms with Crippen molar-refractivity contribution in [2.24, 2.45) is 5.16 Å². The molecule has 1 saturated heterocycles. The van der Waals surface area contributed by atoms with Crippen molar-refractivity contribution in [2.45, 2.75) is 24.4 Å². The minimum absolute atomic E-state index is 0. The number of hydrogen-bond acceptors (Lipinski definition) is 12. The molecule has 0 saturated carbocycles. The molecule has 11 nitrogen and oxygen atoms in total. The number of aromatic nitrogens is 2. The average Bonchev–Trinajstić information content (AvgIpc) is 3.40. The fraction of sp³-hybridized carbons (Fsp3) is 0.263. The molecule has 3 unspecified atom stereocenters. The topological polar surface area (TPSA) is 163 Å². The Morgan fingerprint density at radius 2 is 2.12 bits per heavy atom. The van der Waals surface area contributed by atoms with Crippen LogP contribution in [0.25, 0.3) is 6.08 Å². The van der Waals surface area contributed by atoms with E-state index >= 15 is 0 Å². The number of thioether (sulfide) groups is 1. The number of amides is 2. The van der Waals surface area contributed by atoms with Gasteiger partial charge < -0.3 is 30.7 Å². The number of nitrogens with two attached hydrogens (primary N) is 1. The Hall–Kier alpha value is -2.23. The van der Waals surface area contributed by atoms with Crippen molar-refractivity contribution in [1.82, 2.24) is 20.2 Å². The number of fused-ring (bicyclic) bond motifs is 1. The van der Waals surface area contributed by atoms with Gasteiger partial charge >= 0.3 is 29.6 Å². The number of rotatable bonds is 7. The van der Waals surface area contributed by atoms with Gasteiger partial charge in [0.05, 0.1) is 23.2 Å². The van der Waals surface area contributed by atoms with Crippen LogP contribution < -0.4 is 45.7 Å². The maximum atomic E-state index is 12.8. The third-order valence-corrected chi connectivity index (χ3v) is 7.66. The quantitative estimate of drug-likeness (QED) is 0.165. The van der Waals surface area contributed by atoms with Gasteiger partial charge in [0.25, 0.3) is 5.91 Å². The summed E-state index contributed by atoms with van der Waals surface area (Å²) >= 11 is 3.77. The molecular weight excluding hydrogens is 511 g/mol. The molecule has 172 valence electrons. The average molecular weight is 529 g/mol. The molecule has 34 heavy (non-hydrogen) atoms. The number of carbonyl (C=O) groups excluding carboxylic acids is 3. The van der Waals surface area contributed by atoms with Gasteiger partial charge in [-0.05, 0) is 24.0 Å². The fourth-order valence-electron chi connectivity index (χ4n) is 3.34. The van der Waals surface area contributed by atoms with Crippen LogP contribution in [0.15, 0.2) is 33.1 Å². The number of anilines is 1. The van der Waals surface area contributed by atoms with Crippen molar-refractivity contribution in [3.8, 4) is 0 Å². The van der Waals surface area contributed by atoms with Crippen molar-refractivity contribution >= 4 is 69.1 Å². The summed E-state index contributed by atoms with van der Waals surface area (Å²) in [6.07, 6.45) is 3.39. The van der Waals surface area contributed by atoms with Crippen LogP contribution in [0.3, 0.4) is 0 Å². The molecule has 2 aliphatic heterocycles. The number of nitrogens with one attached hydrogen (secondary N) is 1. The summed E-state index contributed by atoms with van der Waals surface area (Å²) in [6, 6.07) is -2.22. The van der Waals surface area contributed by atoms with Gasteiger partial charge in [0.15, 0.2) is 10.8 Å². The van der Waals surface area contributed by atoms with Crippen LogP contribution in [0.2, 0.25) is 0 Å². The van der Waals surface area contributed by atoms with Crippen LogP contribution in [-0.4, -0.2) is 62.9 Å². The largest absolute Gasteiger partial charge is 1.00 e. The molecule has 0 radical (unpaired) electrons. The Kier molecular flexibility index (Phi) is 8.54. The minimum atomic E-state index is -1.41. The van der Waals surface area contributed by atoms with E-state index in [2.05, 4.69) is 20.4 Å². The number of nitrogens with zero attached hydrogens (tertiary/aromatic N) is 4. The Balaban J connectivity index is 0.00000324. The number of aliphatic carboxylic acids is 1. The van der Waals surface area contributed by atoms with E-state index in [4.69, 9.17) is 10.6 Å². The summed E-state index contributed by atoms with van der Waals surface area (Å²) < 4.78 is 0. The molecule has 2 aliphatic rings. The van der Waals surface area contributed by atoms with E-state index in [1.807, 2.05) is 6.92 Å². The monoisotopic (exact) mass is 528 g/mol. The maximum absolute atomic E-state index is 12.8. The van der Waals surface area contributed by atoms with Crippen LogP contribution in [0.5, 0.6) is 0 Å². The van der Waals surface area contributed by atoms with Gasteiger partial charge in [-0.15, -0.1) is 34.4 Å². The summed E-state index contributed by atoms with van der Waals surface area (Å²) in [5, 5.41) is 21.0. The first-order valence-electron chi connectivity index (χ1n) is 9.42.